The Hall–Kier alpha value is -1.21. The third-order valence-electron chi connectivity index (χ3n) is 2.83. The SMILES string of the molecule is Nc1cc(F)c(S(=O)(=O)NCCC2CC2)c(F)c1. The smallest absolute Gasteiger partial charge is 0.246 e. The molecule has 0 atom stereocenters. The maximum Gasteiger partial charge on any atom is 0.246 e. The molecule has 0 aliphatic heterocycles. The quantitative estimate of drug-likeness (QED) is 0.803. The van der Waals surface area contributed by atoms with E-state index in [1.165, 1.54) is 0 Å². The van der Waals surface area contributed by atoms with Crippen molar-refractivity contribution in [3.63, 3.8) is 0 Å². The van der Waals surface area contributed by atoms with Crippen LogP contribution in [0.2, 0.25) is 0 Å². The number of sulfonamides is 1. The van der Waals surface area contributed by atoms with Crippen LogP contribution in [0.1, 0.15) is 19.3 Å². The average Bonchev–Trinajstić information content (AvgIpc) is 2.98. The number of hydrogen-bond donors (Lipinski definition) is 2. The topological polar surface area (TPSA) is 72.2 Å². The Morgan fingerprint density at radius 2 is 1.83 bits per heavy atom. The summed E-state index contributed by atoms with van der Waals surface area (Å²) in [4.78, 5) is -0.965. The van der Waals surface area contributed by atoms with Crippen molar-refractivity contribution in [1.29, 1.82) is 0 Å². The van der Waals surface area contributed by atoms with Crippen LogP contribution < -0.4 is 10.5 Å². The van der Waals surface area contributed by atoms with Gasteiger partial charge in [0.15, 0.2) is 4.90 Å². The van der Waals surface area contributed by atoms with Crippen LogP contribution in [0.15, 0.2) is 17.0 Å². The van der Waals surface area contributed by atoms with E-state index in [1.807, 2.05) is 0 Å². The first-order valence-electron chi connectivity index (χ1n) is 5.64. The van der Waals surface area contributed by atoms with Gasteiger partial charge >= 0.3 is 0 Å². The molecule has 2 rings (SSSR count). The standard InChI is InChI=1S/C11H14F2N2O2S/c12-9-5-8(14)6-10(13)11(9)18(16,17)15-4-3-7-1-2-7/h5-7,15H,1-4,14H2. The number of anilines is 1. The molecule has 18 heavy (non-hydrogen) atoms. The molecule has 0 saturated heterocycles. The highest BCUT2D eigenvalue weighted by Crippen LogP contribution is 2.32. The minimum Gasteiger partial charge on any atom is -0.399 e. The largest absolute Gasteiger partial charge is 0.399 e. The number of benzene rings is 1. The molecule has 0 bridgehead atoms. The Labute approximate surface area is 104 Å². The highest BCUT2D eigenvalue weighted by atomic mass is 32.2. The minimum atomic E-state index is -4.16. The molecule has 1 aliphatic carbocycles. The first kappa shape index (κ1) is 13.2. The van der Waals surface area contributed by atoms with Crippen molar-refractivity contribution in [2.24, 2.45) is 5.92 Å². The van der Waals surface area contributed by atoms with Gasteiger partial charge in [-0.2, -0.15) is 0 Å². The lowest BCUT2D eigenvalue weighted by atomic mass is 10.3. The molecule has 0 amide bonds. The number of halogens is 2. The number of nitrogen functional groups attached to an aromatic ring is 1. The number of rotatable bonds is 5. The van der Waals surface area contributed by atoms with Gasteiger partial charge in [0.05, 0.1) is 0 Å². The zero-order chi connectivity index (χ0) is 13.3. The zero-order valence-corrected chi connectivity index (χ0v) is 10.4. The Morgan fingerprint density at radius 3 is 2.33 bits per heavy atom. The molecule has 0 radical (unpaired) electrons. The van der Waals surface area contributed by atoms with Gasteiger partial charge in [-0.25, -0.2) is 21.9 Å². The molecule has 1 aliphatic rings. The fourth-order valence-electron chi connectivity index (χ4n) is 1.71. The molecule has 4 nitrogen and oxygen atoms in total. The fourth-order valence-corrected chi connectivity index (χ4v) is 2.87. The highest BCUT2D eigenvalue weighted by molar-refractivity contribution is 7.89. The Kier molecular flexibility index (Phi) is 3.54. The monoisotopic (exact) mass is 276 g/mol. The molecule has 7 heteroatoms. The normalized spacial score (nSPS) is 15.9. The van der Waals surface area contributed by atoms with E-state index < -0.39 is 26.6 Å². The minimum absolute atomic E-state index is 0.151. The van der Waals surface area contributed by atoms with E-state index in [-0.39, 0.29) is 12.2 Å². The molecule has 3 N–H and O–H groups in total. The summed E-state index contributed by atoms with van der Waals surface area (Å²) in [6.45, 7) is 0.191. The van der Waals surface area contributed by atoms with Gasteiger partial charge in [0, 0.05) is 12.2 Å². The Balaban J connectivity index is 2.17. The first-order valence-corrected chi connectivity index (χ1v) is 7.12. The van der Waals surface area contributed by atoms with Crippen molar-refractivity contribution in [3.05, 3.63) is 23.8 Å². The summed E-state index contributed by atoms with van der Waals surface area (Å²) in [6, 6.07) is 1.58. The summed E-state index contributed by atoms with van der Waals surface area (Å²) in [7, 11) is -4.16. The molecule has 1 saturated carbocycles. The van der Waals surface area contributed by atoms with Gasteiger partial charge in [-0.3, -0.25) is 0 Å². The van der Waals surface area contributed by atoms with Crippen molar-refractivity contribution >= 4 is 15.7 Å². The van der Waals surface area contributed by atoms with E-state index in [2.05, 4.69) is 4.72 Å². The van der Waals surface area contributed by atoms with Gasteiger partial charge in [-0.1, -0.05) is 12.8 Å². The second-order valence-electron chi connectivity index (χ2n) is 4.44. The van der Waals surface area contributed by atoms with E-state index in [9.17, 15) is 17.2 Å². The number of hydrogen-bond acceptors (Lipinski definition) is 3. The lowest BCUT2D eigenvalue weighted by Gasteiger charge is -2.09. The maximum atomic E-state index is 13.5. The summed E-state index contributed by atoms with van der Waals surface area (Å²) >= 11 is 0. The van der Waals surface area contributed by atoms with E-state index in [1.54, 1.807) is 0 Å². The highest BCUT2D eigenvalue weighted by Gasteiger charge is 2.26. The molecular weight excluding hydrogens is 262 g/mol. The van der Waals surface area contributed by atoms with E-state index >= 15 is 0 Å². The van der Waals surface area contributed by atoms with Gasteiger partial charge in [0.25, 0.3) is 0 Å². The zero-order valence-electron chi connectivity index (χ0n) is 9.62. The van der Waals surface area contributed by atoms with Crippen LogP contribution in [0.5, 0.6) is 0 Å². The van der Waals surface area contributed by atoms with E-state index in [0.29, 0.717) is 12.3 Å². The van der Waals surface area contributed by atoms with Crippen molar-refractivity contribution in [2.75, 3.05) is 12.3 Å². The molecule has 0 heterocycles. The number of nitrogens with one attached hydrogen (secondary N) is 1. The van der Waals surface area contributed by atoms with E-state index in [4.69, 9.17) is 5.73 Å². The van der Waals surface area contributed by atoms with Gasteiger partial charge in [0.1, 0.15) is 11.6 Å². The Morgan fingerprint density at radius 1 is 1.28 bits per heavy atom. The van der Waals surface area contributed by atoms with Crippen molar-refractivity contribution in [2.45, 2.75) is 24.2 Å². The van der Waals surface area contributed by atoms with Crippen LogP contribution in [0.3, 0.4) is 0 Å². The predicted molar refractivity (Wildman–Crippen MR) is 63.3 cm³/mol. The number of nitrogens with two attached hydrogens (primary N) is 1. The van der Waals surface area contributed by atoms with Crippen LogP contribution >= 0.6 is 0 Å². The Bertz CT molecular complexity index is 533. The molecule has 1 aromatic carbocycles. The van der Waals surface area contributed by atoms with Crippen molar-refractivity contribution < 1.29 is 17.2 Å². The van der Waals surface area contributed by atoms with Crippen LogP contribution in [0, 0.1) is 17.6 Å². The molecule has 100 valence electrons. The van der Waals surface area contributed by atoms with Crippen molar-refractivity contribution in [3.8, 4) is 0 Å². The summed E-state index contributed by atoms with van der Waals surface area (Å²) in [5.74, 6) is -1.81. The third-order valence-corrected chi connectivity index (χ3v) is 4.34. The second kappa shape index (κ2) is 4.81. The van der Waals surface area contributed by atoms with Gasteiger partial charge in [-0.15, -0.1) is 0 Å². The maximum absolute atomic E-state index is 13.5. The van der Waals surface area contributed by atoms with Crippen LogP contribution in [0.4, 0.5) is 14.5 Å². The second-order valence-corrected chi connectivity index (χ2v) is 6.15. The molecule has 1 aromatic rings. The fraction of sp³-hybridized carbons (Fsp3) is 0.455. The predicted octanol–water partition coefficient (Wildman–Crippen LogP) is 1.63. The summed E-state index contributed by atoms with van der Waals surface area (Å²) in [6.07, 6.45) is 2.87. The lowest BCUT2D eigenvalue weighted by Crippen LogP contribution is -2.27. The molecule has 0 unspecified atom stereocenters. The van der Waals surface area contributed by atoms with Gasteiger partial charge in [0.2, 0.25) is 10.0 Å². The summed E-state index contributed by atoms with van der Waals surface area (Å²) in [5, 5.41) is 0. The molecule has 0 spiro atoms. The molecule has 0 aromatic heterocycles. The summed E-state index contributed by atoms with van der Waals surface area (Å²) < 4.78 is 52.6. The summed E-state index contributed by atoms with van der Waals surface area (Å²) in [5.41, 5.74) is 5.07. The van der Waals surface area contributed by atoms with E-state index in [0.717, 1.165) is 25.0 Å². The average molecular weight is 276 g/mol. The van der Waals surface area contributed by atoms with Crippen LogP contribution in [-0.4, -0.2) is 15.0 Å². The van der Waals surface area contributed by atoms with Gasteiger partial charge < -0.3 is 5.73 Å². The first-order chi connectivity index (χ1) is 8.40. The lowest BCUT2D eigenvalue weighted by molar-refractivity contribution is 0.513. The molecule has 1 fully saturated rings. The van der Waals surface area contributed by atoms with Crippen LogP contribution in [-0.2, 0) is 10.0 Å². The van der Waals surface area contributed by atoms with Crippen molar-refractivity contribution in [1.82, 2.24) is 4.72 Å². The molecular formula is C11H14F2N2O2S. The third kappa shape index (κ3) is 2.97. The van der Waals surface area contributed by atoms with Gasteiger partial charge in [-0.05, 0) is 24.5 Å². The van der Waals surface area contributed by atoms with Crippen LogP contribution in [0.25, 0.3) is 0 Å².